The van der Waals surface area contributed by atoms with E-state index >= 15 is 0 Å². The molecule has 1 rings (SSSR count). The van der Waals surface area contributed by atoms with Crippen molar-refractivity contribution in [3.63, 3.8) is 0 Å². The summed E-state index contributed by atoms with van der Waals surface area (Å²) in [6.45, 7) is 7.59. The standard InChI is InChI=1S/C9H19NO/c1-9(2,3)6-7-4-5-11-8(7)10/h7-8H,4-6,10H2,1-3H3. The first-order chi connectivity index (χ1) is 4.99. The number of rotatable bonds is 1. The molecule has 0 aliphatic carbocycles. The quantitative estimate of drug-likeness (QED) is 0.629. The summed E-state index contributed by atoms with van der Waals surface area (Å²) in [5.41, 5.74) is 6.15. The van der Waals surface area contributed by atoms with Crippen molar-refractivity contribution in [3.8, 4) is 0 Å². The van der Waals surface area contributed by atoms with Crippen LogP contribution in [0.4, 0.5) is 0 Å². The lowest BCUT2D eigenvalue weighted by atomic mass is 9.83. The molecule has 0 aromatic carbocycles. The van der Waals surface area contributed by atoms with Gasteiger partial charge in [0, 0.05) is 12.5 Å². The second-order valence-electron chi connectivity index (χ2n) is 4.65. The Morgan fingerprint density at radius 1 is 1.45 bits per heavy atom. The molecule has 1 saturated heterocycles. The second-order valence-corrected chi connectivity index (χ2v) is 4.65. The summed E-state index contributed by atoms with van der Waals surface area (Å²) in [4.78, 5) is 0. The summed E-state index contributed by atoms with van der Waals surface area (Å²) in [5, 5.41) is 0. The van der Waals surface area contributed by atoms with Crippen LogP contribution in [-0.2, 0) is 4.74 Å². The molecule has 2 unspecified atom stereocenters. The maximum absolute atomic E-state index is 5.76. The molecule has 1 aliphatic heterocycles. The highest BCUT2D eigenvalue weighted by molar-refractivity contribution is 4.76. The van der Waals surface area contributed by atoms with Crippen LogP contribution in [0.5, 0.6) is 0 Å². The Hall–Kier alpha value is -0.0800. The molecule has 1 heterocycles. The van der Waals surface area contributed by atoms with Crippen LogP contribution in [0, 0.1) is 11.3 Å². The molecule has 0 bridgehead atoms. The molecule has 2 N–H and O–H groups in total. The topological polar surface area (TPSA) is 35.2 Å². The van der Waals surface area contributed by atoms with E-state index in [-0.39, 0.29) is 6.23 Å². The van der Waals surface area contributed by atoms with E-state index in [1.54, 1.807) is 0 Å². The summed E-state index contributed by atoms with van der Waals surface area (Å²) < 4.78 is 5.29. The van der Waals surface area contributed by atoms with Gasteiger partial charge in [-0.25, -0.2) is 0 Å². The summed E-state index contributed by atoms with van der Waals surface area (Å²) in [6.07, 6.45) is 2.31. The van der Waals surface area contributed by atoms with Gasteiger partial charge in [0.2, 0.25) is 0 Å². The van der Waals surface area contributed by atoms with Crippen LogP contribution in [-0.4, -0.2) is 12.8 Å². The lowest BCUT2D eigenvalue weighted by molar-refractivity contribution is 0.0847. The fourth-order valence-electron chi connectivity index (χ4n) is 1.66. The van der Waals surface area contributed by atoms with E-state index in [0.717, 1.165) is 13.0 Å². The van der Waals surface area contributed by atoms with Crippen LogP contribution in [0.15, 0.2) is 0 Å². The van der Waals surface area contributed by atoms with Crippen LogP contribution in [0.3, 0.4) is 0 Å². The Morgan fingerprint density at radius 3 is 2.45 bits per heavy atom. The van der Waals surface area contributed by atoms with Gasteiger partial charge in [-0.1, -0.05) is 20.8 Å². The molecule has 0 aromatic rings. The van der Waals surface area contributed by atoms with Crippen LogP contribution in [0.25, 0.3) is 0 Å². The fraction of sp³-hybridized carbons (Fsp3) is 1.00. The third-order valence-corrected chi connectivity index (χ3v) is 2.14. The fourth-order valence-corrected chi connectivity index (χ4v) is 1.66. The molecule has 1 fully saturated rings. The predicted octanol–water partition coefficient (Wildman–Crippen LogP) is 1.74. The monoisotopic (exact) mass is 157 g/mol. The summed E-state index contributed by atoms with van der Waals surface area (Å²) in [6, 6.07) is 0. The van der Waals surface area contributed by atoms with Crippen LogP contribution in [0.2, 0.25) is 0 Å². The summed E-state index contributed by atoms with van der Waals surface area (Å²) in [5.74, 6) is 0.579. The number of hydrogen-bond donors (Lipinski definition) is 1. The zero-order chi connectivity index (χ0) is 8.48. The van der Waals surface area contributed by atoms with E-state index < -0.39 is 0 Å². The van der Waals surface area contributed by atoms with Gasteiger partial charge in [-0.3, -0.25) is 0 Å². The number of nitrogens with two attached hydrogens (primary N) is 1. The average Bonchev–Trinajstić information content (AvgIpc) is 2.12. The van der Waals surface area contributed by atoms with Crippen molar-refractivity contribution in [1.82, 2.24) is 0 Å². The van der Waals surface area contributed by atoms with E-state index in [1.807, 2.05) is 0 Å². The van der Waals surface area contributed by atoms with Crippen molar-refractivity contribution in [2.45, 2.75) is 39.8 Å². The van der Waals surface area contributed by atoms with E-state index in [1.165, 1.54) is 6.42 Å². The maximum atomic E-state index is 5.76. The van der Waals surface area contributed by atoms with Gasteiger partial charge in [-0.15, -0.1) is 0 Å². The van der Waals surface area contributed by atoms with E-state index in [0.29, 0.717) is 11.3 Å². The summed E-state index contributed by atoms with van der Waals surface area (Å²) in [7, 11) is 0. The molecular formula is C9H19NO. The SMILES string of the molecule is CC(C)(C)CC1CCOC1N. The Morgan fingerprint density at radius 2 is 2.09 bits per heavy atom. The van der Waals surface area contributed by atoms with Crippen molar-refractivity contribution in [2.75, 3.05) is 6.61 Å². The number of ether oxygens (including phenoxy) is 1. The molecule has 0 radical (unpaired) electrons. The molecule has 2 atom stereocenters. The van der Waals surface area contributed by atoms with Crippen molar-refractivity contribution < 1.29 is 4.74 Å². The van der Waals surface area contributed by atoms with Crippen molar-refractivity contribution in [3.05, 3.63) is 0 Å². The molecule has 2 heteroatoms. The average molecular weight is 157 g/mol. The highest BCUT2D eigenvalue weighted by Crippen LogP contribution is 2.31. The Balaban J connectivity index is 2.37. The first-order valence-corrected chi connectivity index (χ1v) is 4.36. The van der Waals surface area contributed by atoms with E-state index in [4.69, 9.17) is 10.5 Å². The zero-order valence-corrected chi connectivity index (χ0v) is 7.76. The van der Waals surface area contributed by atoms with Gasteiger partial charge >= 0.3 is 0 Å². The van der Waals surface area contributed by atoms with Gasteiger partial charge in [-0.2, -0.15) is 0 Å². The van der Waals surface area contributed by atoms with Gasteiger partial charge in [0.1, 0.15) is 6.23 Å². The van der Waals surface area contributed by atoms with E-state index in [2.05, 4.69) is 20.8 Å². The first-order valence-electron chi connectivity index (χ1n) is 4.36. The maximum Gasteiger partial charge on any atom is 0.108 e. The minimum Gasteiger partial charge on any atom is -0.363 e. The Kier molecular flexibility index (Phi) is 2.55. The largest absolute Gasteiger partial charge is 0.363 e. The highest BCUT2D eigenvalue weighted by atomic mass is 16.5. The van der Waals surface area contributed by atoms with Gasteiger partial charge in [-0.05, 0) is 18.3 Å². The Labute approximate surface area is 69.1 Å². The van der Waals surface area contributed by atoms with Gasteiger partial charge in [0.25, 0.3) is 0 Å². The van der Waals surface area contributed by atoms with Gasteiger partial charge in [0.05, 0.1) is 0 Å². The van der Waals surface area contributed by atoms with Gasteiger partial charge in [0.15, 0.2) is 0 Å². The minimum atomic E-state index is -0.00535. The predicted molar refractivity (Wildman–Crippen MR) is 46.1 cm³/mol. The molecule has 11 heavy (non-hydrogen) atoms. The van der Waals surface area contributed by atoms with Crippen molar-refractivity contribution >= 4 is 0 Å². The molecular weight excluding hydrogens is 138 g/mol. The second kappa shape index (κ2) is 3.11. The minimum absolute atomic E-state index is 0.00535. The van der Waals surface area contributed by atoms with E-state index in [9.17, 15) is 0 Å². The molecule has 0 saturated carbocycles. The molecule has 0 spiro atoms. The van der Waals surface area contributed by atoms with Crippen molar-refractivity contribution in [1.29, 1.82) is 0 Å². The van der Waals surface area contributed by atoms with Crippen molar-refractivity contribution in [2.24, 2.45) is 17.1 Å². The normalized spacial score (nSPS) is 32.7. The smallest absolute Gasteiger partial charge is 0.108 e. The first kappa shape index (κ1) is 9.01. The van der Waals surface area contributed by atoms with Crippen LogP contribution in [0.1, 0.15) is 33.6 Å². The summed E-state index contributed by atoms with van der Waals surface area (Å²) >= 11 is 0. The van der Waals surface area contributed by atoms with Crippen LogP contribution >= 0.6 is 0 Å². The number of hydrogen-bond acceptors (Lipinski definition) is 2. The van der Waals surface area contributed by atoms with Gasteiger partial charge < -0.3 is 10.5 Å². The molecule has 0 amide bonds. The van der Waals surface area contributed by atoms with Crippen LogP contribution < -0.4 is 5.73 Å². The lowest BCUT2D eigenvalue weighted by Gasteiger charge is -2.24. The lowest BCUT2D eigenvalue weighted by Crippen LogP contribution is -2.29. The molecule has 1 aliphatic rings. The molecule has 0 aromatic heterocycles. The molecule has 2 nitrogen and oxygen atoms in total. The zero-order valence-electron chi connectivity index (χ0n) is 7.76. The highest BCUT2D eigenvalue weighted by Gasteiger charge is 2.28. The third kappa shape index (κ3) is 2.80. The molecule has 66 valence electrons. The third-order valence-electron chi connectivity index (χ3n) is 2.14. The Bertz CT molecular complexity index is 128.